The van der Waals surface area contributed by atoms with Crippen molar-refractivity contribution in [3.63, 3.8) is 0 Å². The third kappa shape index (κ3) is 3.88. The molecule has 0 aliphatic carbocycles. The lowest BCUT2D eigenvalue weighted by molar-refractivity contribution is 0.112. The SMILES string of the molecule is CCC(C)N(CCOC)c1nc(C)nc(Cl)c1C=O. The van der Waals surface area contributed by atoms with Gasteiger partial charge in [-0.2, -0.15) is 0 Å². The van der Waals surface area contributed by atoms with Gasteiger partial charge in [-0.1, -0.05) is 18.5 Å². The first kappa shape index (κ1) is 15.9. The molecule has 0 fully saturated rings. The molecule has 0 aromatic carbocycles. The van der Waals surface area contributed by atoms with Gasteiger partial charge in [0.15, 0.2) is 6.29 Å². The standard InChI is InChI=1S/C13H20ClN3O2/c1-5-9(2)17(6-7-19-4)13-11(8-18)12(14)15-10(3)16-13/h8-9H,5-7H2,1-4H3. The highest BCUT2D eigenvalue weighted by molar-refractivity contribution is 6.32. The summed E-state index contributed by atoms with van der Waals surface area (Å²) >= 11 is 6.02. The Labute approximate surface area is 118 Å². The minimum Gasteiger partial charge on any atom is -0.383 e. The molecule has 1 atom stereocenters. The Morgan fingerprint density at radius 1 is 1.47 bits per heavy atom. The quantitative estimate of drug-likeness (QED) is 0.569. The fraction of sp³-hybridized carbons (Fsp3) is 0.615. The van der Waals surface area contributed by atoms with E-state index in [0.29, 0.717) is 36.6 Å². The van der Waals surface area contributed by atoms with Crippen LogP contribution in [0.2, 0.25) is 5.15 Å². The van der Waals surface area contributed by atoms with Gasteiger partial charge in [0, 0.05) is 19.7 Å². The molecule has 0 saturated carbocycles. The van der Waals surface area contributed by atoms with E-state index in [4.69, 9.17) is 16.3 Å². The third-order valence-electron chi connectivity index (χ3n) is 3.04. The zero-order valence-electron chi connectivity index (χ0n) is 11.8. The average Bonchev–Trinajstić information content (AvgIpc) is 2.38. The van der Waals surface area contributed by atoms with Crippen molar-refractivity contribution in [3.8, 4) is 0 Å². The number of carbonyl (C=O) groups is 1. The largest absolute Gasteiger partial charge is 0.383 e. The number of methoxy groups -OCH3 is 1. The molecule has 6 heteroatoms. The maximum absolute atomic E-state index is 11.2. The van der Waals surface area contributed by atoms with Gasteiger partial charge >= 0.3 is 0 Å². The van der Waals surface area contributed by atoms with E-state index in [1.54, 1.807) is 14.0 Å². The molecule has 19 heavy (non-hydrogen) atoms. The lowest BCUT2D eigenvalue weighted by Gasteiger charge is -2.30. The lowest BCUT2D eigenvalue weighted by atomic mass is 10.2. The van der Waals surface area contributed by atoms with E-state index in [-0.39, 0.29) is 11.2 Å². The zero-order chi connectivity index (χ0) is 14.4. The highest BCUT2D eigenvalue weighted by Gasteiger charge is 2.20. The molecular weight excluding hydrogens is 266 g/mol. The van der Waals surface area contributed by atoms with Crippen molar-refractivity contribution in [2.75, 3.05) is 25.2 Å². The van der Waals surface area contributed by atoms with Crippen LogP contribution >= 0.6 is 11.6 Å². The highest BCUT2D eigenvalue weighted by atomic mass is 35.5. The molecule has 0 radical (unpaired) electrons. The third-order valence-corrected chi connectivity index (χ3v) is 3.33. The number of nitrogens with zero attached hydrogens (tertiary/aromatic N) is 3. The first-order chi connectivity index (χ1) is 9.04. The number of ether oxygens (including phenoxy) is 1. The van der Waals surface area contributed by atoms with Crippen LogP contribution in [0.1, 0.15) is 36.5 Å². The van der Waals surface area contributed by atoms with Crippen LogP contribution in [-0.2, 0) is 4.74 Å². The number of rotatable bonds is 7. The molecule has 1 aromatic heterocycles. The van der Waals surface area contributed by atoms with Crippen molar-refractivity contribution in [2.45, 2.75) is 33.2 Å². The molecule has 0 saturated heterocycles. The van der Waals surface area contributed by atoms with Crippen LogP contribution in [0.4, 0.5) is 5.82 Å². The first-order valence-electron chi connectivity index (χ1n) is 6.30. The highest BCUT2D eigenvalue weighted by Crippen LogP contribution is 2.25. The summed E-state index contributed by atoms with van der Waals surface area (Å²) in [6.45, 7) is 7.13. The monoisotopic (exact) mass is 285 g/mol. The average molecular weight is 286 g/mol. The normalized spacial score (nSPS) is 12.3. The van der Waals surface area contributed by atoms with Crippen LogP contribution in [0, 0.1) is 6.92 Å². The maximum atomic E-state index is 11.2. The summed E-state index contributed by atoms with van der Waals surface area (Å²) in [4.78, 5) is 21.7. The lowest BCUT2D eigenvalue weighted by Crippen LogP contribution is -2.37. The summed E-state index contributed by atoms with van der Waals surface area (Å²) < 4.78 is 5.12. The van der Waals surface area contributed by atoms with Crippen LogP contribution in [-0.4, -0.2) is 42.6 Å². The van der Waals surface area contributed by atoms with Crippen molar-refractivity contribution in [1.82, 2.24) is 9.97 Å². The number of aldehydes is 1. The van der Waals surface area contributed by atoms with Gasteiger partial charge in [-0.3, -0.25) is 4.79 Å². The fourth-order valence-electron chi connectivity index (χ4n) is 1.80. The summed E-state index contributed by atoms with van der Waals surface area (Å²) in [7, 11) is 1.65. The van der Waals surface area contributed by atoms with Gasteiger partial charge in [-0.05, 0) is 20.3 Å². The van der Waals surface area contributed by atoms with Gasteiger partial charge < -0.3 is 9.64 Å². The van der Waals surface area contributed by atoms with Crippen molar-refractivity contribution in [1.29, 1.82) is 0 Å². The van der Waals surface area contributed by atoms with E-state index < -0.39 is 0 Å². The predicted molar refractivity (Wildman–Crippen MR) is 76.1 cm³/mol. The molecule has 5 nitrogen and oxygen atoms in total. The summed E-state index contributed by atoms with van der Waals surface area (Å²) in [5.41, 5.74) is 0.337. The number of carbonyl (C=O) groups excluding carboxylic acids is 1. The summed E-state index contributed by atoms with van der Waals surface area (Å²) in [5.74, 6) is 1.13. The molecule has 0 amide bonds. The van der Waals surface area contributed by atoms with Crippen LogP contribution < -0.4 is 4.90 Å². The molecular formula is C13H20ClN3O2. The van der Waals surface area contributed by atoms with Crippen LogP contribution in [0.3, 0.4) is 0 Å². The second kappa shape index (κ2) is 7.40. The molecule has 0 spiro atoms. The molecule has 106 valence electrons. The van der Waals surface area contributed by atoms with Crippen molar-refractivity contribution < 1.29 is 9.53 Å². The van der Waals surface area contributed by atoms with Crippen LogP contribution in [0.5, 0.6) is 0 Å². The van der Waals surface area contributed by atoms with Crippen LogP contribution in [0.15, 0.2) is 0 Å². The van der Waals surface area contributed by atoms with E-state index in [9.17, 15) is 4.79 Å². The van der Waals surface area contributed by atoms with E-state index in [2.05, 4.69) is 23.8 Å². The summed E-state index contributed by atoms with van der Waals surface area (Å²) in [6.07, 6.45) is 1.64. The first-order valence-corrected chi connectivity index (χ1v) is 6.67. The van der Waals surface area contributed by atoms with Crippen LogP contribution in [0.25, 0.3) is 0 Å². The van der Waals surface area contributed by atoms with Gasteiger partial charge in [0.2, 0.25) is 0 Å². The topological polar surface area (TPSA) is 55.3 Å². The Morgan fingerprint density at radius 2 is 2.16 bits per heavy atom. The van der Waals surface area contributed by atoms with Crippen molar-refractivity contribution >= 4 is 23.7 Å². The molecule has 1 heterocycles. The molecule has 0 aliphatic rings. The second-order valence-electron chi connectivity index (χ2n) is 4.36. The number of hydrogen-bond acceptors (Lipinski definition) is 5. The molecule has 1 aromatic rings. The smallest absolute Gasteiger partial charge is 0.156 e. The minimum absolute atomic E-state index is 0.197. The van der Waals surface area contributed by atoms with Gasteiger partial charge in [-0.15, -0.1) is 0 Å². The number of aromatic nitrogens is 2. The van der Waals surface area contributed by atoms with E-state index in [1.807, 2.05) is 4.90 Å². The maximum Gasteiger partial charge on any atom is 0.156 e. The summed E-state index contributed by atoms with van der Waals surface area (Å²) in [5, 5.41) is 0.197. The van der Waals surface area contributed by atoms with E-state index in [1.165, 1.54) is 0 Å². The Balaban J connectivity index is 3.23. The van der Waals surface area contributed by atoms with E-state index in [0.717, 1.165) is 6.42 Å². The Morgan fingerprint density at radius 3 is 2.68 bits per heavy atom. The molecule has 1 rings (SSSR count). The molecule has 0 N–H and O–H groups in total. The van der Waals surface area contributed by atoms with Gasteiger partial charge in [0.05, 0.1) is 12.2 Å². The van der Waals surface area contributed by atoms with Crippen molar-refractivity contribution in [3.05, 3.63) is 16.5 Å². The van der Waals surface area contributed by atoms with E-state index >= 15 is 0 Å². The Bertz CT molecular complexity index is 440. The minimum atomic E-state index is 0.197. The molecule has 0 bridgehead atoms. The Kier molecular flexibility index (Phi) is 6.18. The van der Waals surface area contributed by atoms with Gasteiger partial charge in [0.25, 0.3) is 0 Å². The Hall–Kier alpha value is -1.20. The number of anilines is 1. The molecule has 0 aliphatic heterocycles. The number of aryl methyl sites for hydroxylation is 1. The zero-order valence-corrected chi connectivity index (χ0v) is 12.6. The molecule has 1 unspecified atom stereocenters. The number of hydrogen-bond donors (Lipinski definition) is 0. The number of halogens is 1. The fourth-order valence-corrected chi connectivity index (χ4v) is 2.05. The van der Waals surface area contributed by atoms with Gasteiger partial charge in [0.1, 0.15) is 16.8 Å². The predicted octanol–water partition coefficient (Wildman–Crippen LogP) is 2.50. The van der Waals surface area contributed by atoms with Gasteiger partial charge in [-0.25, -0.2) is 9.97 Å². The van der Waals surface area contributed by atoms with Crippen molar-refractivity contribution in [2.24, 2.45) is 0 Å². The second-order valence-corrected chi connectivity index (χ2v) is 4.72. The summed E-state index contributed by atoms with van der Waals surface area (Å²) in [6, 6.07) is 0.235.